The predicted octanol–water partition coefficient (Wildman–Crippen LogP) is 3.78. The Hall–Kier alpha value is -2.28. The first-order valence-electron chi connectivity index (χ1n) is 6.41. The summed E-state index contributed by atoms with van der Waals surface area (Å²) in [6, 6.07) is 7.39. The smallest absolute Gasteiger partial charge is 0.341 e. The number of esters is 1. The Morgan fingerprint density at radius 1 is 1.09 bits per heavy atom. The van der Waals surface area contributed by atoms with E-state index >= 15 is 0 Å². The first-order valence-corrected chi connectivity index (χ1v) is 7.20. The molecule has 0 unspecified atom stereocenters. The number of carbonyl (C=O) groups is 2. The van der Waals surface area contributed by atoms with E-state index in [1.807, 2.05) is 0 Å². The summed E-state index contributed by atoms with van der Waals surface area (Å²) in [6.07, 6.45) is 0. The van der Waals surface area contributed by atoms with E-state index in [0.29, 0.717) is 4.47 Å². The molecule has 0 aliphatic carbocycles. The Balaban J connectivity index is 2.05. The molecule has 2 rings (SSSR count). The zero-order chi connectivity index (χ0) is 17.0. The van der Waals surface area contributed by atoms with Crippen LogP contribution in [0.1, 0.15) is 20.7 Å². The SMILES string of the molecule is COc1ccc(C(=O)COC(=O)c2cc(Br)ccc2F)cc1F. The fourth-order valence-corrected chi connectivity index (χ4v) is 2.15. The van der Waals surface area contributed by atoms with Gasteiger partial charge in [0.1, 0.15) is 5.82 Å². The van der Waals surface area contributed by atoms with Crippen LogP contribution < -0.4 is 4.74 Å². The van der Waals surface area contributed by atoms with E-state index in [0.717, 1.165) is 12.1 Å². The zero-order valence-electron chi connectivity index (χ0n) is 11.9. The molecule has 0 heterocycles. The highest BCUT2D eigenvalue weighted by atomic mass is 79.9. The molecule has 0 spiro atoms. The van der Waals surface area contributed by atoms with E-state index in [-0.39, 0.29) is 16.9 Å². The third-order valence-electron chi connectivity index (χ3n) is 2.96. The normalized spacial score (nSPS) is 10.3. The monoisotopic (exact) mass is 384 g/mol. The van der Waals surface area contributed by atoms with Crippen molar-refractivity contribution in [2.45, 2.75) is 0 Å². The summed E-state index contributed by atoms with van der Waals surface area (Å²) in [5.74, 6) is -3.07. The summed E-state index contributed by atoms with van der Waals surface area (Å²) in [5, 5.41) is 0. The van der Waals surface area contributed by atoms with Crippen LogP contribution in [0.5, 0.6) is 5.75 Å². The molecular weight excluding hydrogens is 374 g/mol. The molecule has 0 saturated carbocycles. The highest BCUT2D eigenvalue weighted by molar-refractivity contribution is 9.10. The van der Waals surface area contributed by atoms with Gasteiger partial charge in [0.05, 0.1) is 12.7 Å². The van der Waals surface area contributed by atoms with Crippen molar-refractivity contribution in [3.05, 3.63) is 63.6 Å². The van der Waals surface area contributed by atoms with Crippen LogP contribution >= 0.6 is 15.9 Å². The Morgan fingerprint density at radius 3 is 2.48 bits per heavy atom. The lowest BCUT2D eigenvalue weighted by Crippen LogP contribution is -2.15. The van der Waals surface area contributed by atoms with Gasteiger partial charge in [-0.2, -0.15) is 0 Å². The van der Waals surface area contributed by atoms with Crippen LogP contribution in [0.15, 0.2) is 40.9 Å². The summed E-state index contributed by atoms with van der Waals surface area (Å²) in [4.78, 5) is 23.7. The minimum absolute atomic E-state index is 0.00486. The number of hydrogen-bond acceptors (Lipinski definition) is 4. The van der Waals surface area contributed by atoms with Gasteiger partial charge in [0.25, 0.3) is 0 Å². The van der Waals surface area contributed by atoms with Crippen LogP contribution in [0.4, 0.5) is 8.78 Å². The van der Waals surface area contributed by atoms with Crippen LogP contribution in [0, 0.1) is 11.6 Å². The lowest BCUT2D eigenvalue weighted by molar-refractivity contribution is 0.0470. The topological polar surface area (TPSA) is 52.6 Å². The summed E-state index contributed by atoms with van der Waals surface area (Å²) in [5.41, 5.74) is -0.279. The lowest BCUT2D eigenvalue weighted by atomic mass is 10.1. The number of carbonyl (C=O) groups excluding carboxylic acids is 2. The van der Waals surface area contributed by atoms with E-state index in [9.17, 15) is 18.4 Å². The van der Waals surface area contributed by atoms with Gasteiger partial charge in [-0.15, -0.1) is 0 Å². The fourth-order valence-electron chi connectivity index (χ4n) is 1.79. The molecule has 0 bridgehead atoms. The lowest BCUT2D eigenvalue weighted by Gasteiger charge is -2.07. The maximum atomic E-state index is 13.5. The van der Waals surface area contributed by atoms with Gasteiger partial charge in [-0.25, -0.2) is 13.6 Å². The van der Waals surface area contributed by atoms with Crippen molar-refractivity contribution >= 4 is 27.7 Å². The van der Waals surface area contributed by atoms with Crippen molar-refractivity contribution in [2.24, 2.45) is 0 Å². The van der Waals surface area contributed by atoms with Gasteiger partial charge >= 0.3 is 5.97 Å². The summed E-state index contributed by atoms with van der Waals surface area (Å²) >= 11 is 3.11. The molecular formula is C16H11BrF2O4. The molecule has 0 fully saturated rings. The number of ketones is 1. The number of ether oxygens (including phenoxy) is 2. The van der Waals surface area contributed by atoms with Crippen molar-refractivity contribution in [1.29, 1.82) is 0 Å². The molecule has 0 N–H and O–H groups in total. The average Bonchev–Trinajstić information content (AvgIpc) is 2.54. The highest BCUT2D eigenvalue weighted by Crippen LogP contribution is 2.19. The van der Waals surface area contributed by atoms with Gasteiger partial charge in [0, 0.05) is 10.0 Å². The molecule has 4 nitrogen and oxygen atoms in total. The van der Waals surface area contributed by atoms with Gasteiger partial charge in [-0.05, 0) is 36.4 Å². The Morgan fingerprint density at radius 2 is 1.83 bits per heavy atom. The molecule has 2 aromatic rings. The summed E-state index contributed by atoms with van der Waals surface area (Å²) in [7, 11) is 1.30. The van der Waals surface area contributed by atoms with Gasteiger partial charge < -0.3 is 9.47 Å². The number of methoxy groups -OCH3 is 1. The second-order valence-electron chi connectivity index (χ2n) is 4.47. The minimum Gasteiger partial charge on any atom is -0.494 e. The molecule has 0 aromatic heterocycles. The quantitative estimate of drug-likeness (QED) is 0.581. The molecule has 7 heteroatoms. The van der Waals surface area contributed by atoms with Crippen LogP contribution in [-0.4, -0.2) is 25.5 Å². The van der Waals surface area contributed by atoms with Gasteiger partial charge in [0.2, 0.25) is 0 Å². The minimum atomic E-state index is -0.980. The molecule has 0 atom stereocenters. The molecule has 0 radical (unpaired) electrons. The van der Waals surface area contributed by atoms with Crippen LogP contribution in [-0.2, 0) is 4.74 Å². The largest absolute Gasteiger partial charge is 0.494 e. The maximum Gasteiger partial charge on any atom is 0.341 e. The van der Waals surface area contributed by atoms with E-state index in [1.165, 1.54) is 31.4 Å². The van der Waals surface area contributed by atoms with Crippen molar-refractivity contribution in [2.75, 3.05) is 13.7 Å². The van der Waals surface area contributed by atoms with Gasteiger partial charge in [0.15, 0.2) is 24.0 Å². The first-order chi connectivity index (χ1) is 10.9. The van der Waals surface area contributed by atoms with E-state index in [4.69, 9.17) is 9.47 Å². The van der Waals surface area contributed by atoms with E-state index < -0.39 is 30.0 Å². The highest BCUT2D eigenvalue weighted by Gasteiger charge is 2.17. The first kappa shape index (κ1) is 17.1. The van der Waals surface area contributed by atoms with Gasteiger partial charge in [-0.1, -0.05) is 15.9 Å². The zero-order valence-corrected chi connectivity index (χ0v) is 13.5. The molecule has 120 valence electrons. The number of benzene rings is 2. The Kier molecular flexibility index (Phi) is 5.44. The number of rotatable bonds is 5. The van der Waals surface area contributed by atoms with Crippen LogP contribution in [0.25, 0.3) is 0 Å². The molecule has 0 aliphatic rings. The summed E-state index contributed by atoms with van der Waals surface area (Å²) < 4.78 is 37.1. The third kappa shape index (κ3) is 4.13. The average molecular weight is 385 g/mol. The van der Waals surface area contributed by atoms with Crippen molar-refractivity contribution in [3.63, 3.8) is 0 Å². The fraction of sp³-hybridized carbons (Fsp3) is 0.125. The van der Waals surface area contributed by atoms with E-state index in [2.05, 4.69) is 15.9 Å². The van der Waals surface area contributed by atoms with Crippen molar-refractivity contribution in [1.82, 2.24) is 0 Å². The molecule has 23 heavy (non-hydrogen) atoms. The van der Waals surface area contributed by atoms with Crippen molar-refractivity contribution < 1.29 is 27.8 Å². The summed E-state index contributed by atoms with van der Waals surface area (Å²) in [6.45, 7) is -0.628. The second kappa shape index (κ2) is 7.32. The Labute approximate surface area is 139 Å². The molecule has 0 amide bonds. The van der Waals surface area contributed by atoms with Crippen LogP contribution in [0.3, 0.4) is 0 Å². The van der Waals surface area contributed by atoms with Gasteiger partial charge in [-0.3, -0.25) is 4.79 Å². The molecule has 2 aromatic carbocycles. The molecule has 0 aliphatic heterocycles. The predicted molar refractivity (Wildman–Crippen MR) is 81.7 cm³/mol. The third-order valence-corrected chi connectivity index (χ3v) is 3.45. The van der Waals surface area contributed by atoms with Crippen molar-refractivity contribution in [3.8, 4) is 5.75 Å². The number of Topliss-reactive ketones (excluding diaryl/α,β-unsaturated/α-hetero) is 1. The second-order valence-corrected chi connectivity index (χ2v) is 5.39. The Bertz CT molecular complexity index is 762. The maximum absolute atomic E-state index is 13.5. The molecule has 0 saturated heterocycles. The number of halogens is 3. The van der Waals surface area contributed by atoms with Crippen LogP contribution in [0.2, 0.25) is 0 Å². The standard InChI is InChI=1S/C16H11BrF2O4/c1-22-15-5-2-9(6-13(15)19)14(20)8-23-16(21)11-7-10(17)3-4-12(11)18/h2-7H,8H2,1H3. The number of hydrogen-bond donors (Lipinski definition) is 0. The van der Waals surface area contributed by atoms with E-state index in [1.54, 1.807) is 0 Å².